The van der Waals surface area contributed by atoms with Crippen LogP contribution in [0.4, 0.5) is 0 Å². The zero-order valence-electron chi connectivity index (χ0n) is 5.96. The van der Waals surface area contributed by atoms with Crippen LogP contribution in [0.2, 0.25) is 0 Å². The molecule has 0 atom stereocenters. The third-order valence-corrected chi connectivity index (χ3v) is 1.14. The first-order valence-corrected chi connectivity index (χ1v) is 3.46. The first kappa shape index (κ1) is 7.94. The van der Waals surface area contributed by atoms with Gasteiger partial charge in [0, 0.05) is 0 Å². The lowest BCUT2D eigenvalue weighted by Crippen LogP contribution is -2.26. The highest BCUT2D eigenvalue weighted by molar-refractivity contribution is 7.80. The van der Waals surface area contributed by atoms with Crippen molar-refractivity contribution in [1.82, 2.24) is 5.32 Å². The second kappa shape index (κ2) is 3.30. The van der Waals surface area contributed by atoms with Crippen LogP contribution in [0, 0.1) is 0 Å². The monoisotopic (exact) mass is 169 g/mol. The second-order valence-electron chi connectivity index (χ2n) is 1.99. The lowest BCUT2D eigenvalue weighted by atomic mass is 10.4. The molecule has 3 nitrogen and oxygen atoms in total. The third kappa shape index (κ3) is 2.16. The van der Waals surface area contributed by atoms with E-state index in [0.717, 1.165) is 0 Å². The van der Waals surface area contributed by atoms with E-state index in [-0.39, 0.29) is 11.7 Å². The van der Waals surface area contributed by atoms with Crippen molar-refractivity contribution >= 4 is 23.1 Å². The molecule has 1 aromatic heterocycles. The molecule has 1 amide bonds. The van der Waals surface area contributed by atoms with Gasteiger partial charge in [-0.1, -0.05) is 12.2 Å². The molecule has 1 aromatic rings. The van der Waals surface area contributed by atoms with Crippen LogP contribution in [0.25, 0.3) is 0 Å². The van der Waals surface area contributed by atoms with Crippen molar-refractivity contribution in [2.75, 3.05) is 0 Å². The minimum Gasteiger partial charge on any atom is -0.459 e. The van der Waals surface area contributed by atoms with Gasteiger partial charge in [-0.15, -0.1) is 0 Å². The number of carbonyl (C=O) groups is 1. The van der Waals surface area contributed by atoms with Crippen molar-refractivity contribution in [2.45, 2.75) is 6.92 Å². The zero-order valence-corrected chi connectivity index (χ0v) is 6.77. The number of nitrogens with one attached hydrogen (secondary N) is 1. The number of carbonyl (C=O) groups excluding carboxylic acids is 1. The summed E-state index contributed by atoms with van der Waals surface area (Å²) >= 11 is 4.67. The first-order valence-electron chi connectivity index (χ1n) is 3.05. The van der Waals surface area contributed by atoms with E-state index < -0.39 is 0 Å². The Bertz CT molecular complexity index is 266. The molecule has 0 unspecified atom stereocenters. The molecule has 0 aliphatic carbocycles. The Morgan fingerprint density at radius 3 is 2.91 bits per heavy atom. The maximum absolute atomic E-state index is 11.0. The maximum Gasteiger partial charge on any atom is 0.291 e. The van der Waals surface area contributed by atoms with Crippen LogP contribution in [-0.4, -0.2) is 10.9 Å². The largest absolute Gasteiger partial charge is 0.459 e. The highest BCUT2D eigenvalue weighted by Gasteiger charge is 2.06. The Morgan fingerprint density at radius 2 is 2.45 bits per heavy atom. The van der Waals surface area contributed by atoms with Gasteiger partial charge in [-0.05, 0) is 19.1 Å². The number of amides is 1. The van der Waals surface area contributed by atoms with E-state index in [4.69, 9.17) is 4.42 Å². The number of furan rings is 1. The molecule has 0 fully saturated rings. The first-order chi connectivity index (χ1) is 5.20. The molecule has 11 heavy (non-hydrogen) atoms. The molecule has 0 aliphatic heterocycles. The summed E-state index contributed by atoms with van der Waals surface area (Å²) in [6, 6.07) is 3.22. The summed E-state index contributed by atoms with van der Waals surface area (Å²) in [5, 5.41) is 2.44. The van der Waals surface area contributed by atoms with Crippen LogP contribution < -0.4 is 5.32 Å². The smallest absolute Gasteiger partial charge is 0.291 e. The van der Waals surface area contributed by atoms with E-state index >= 15 is 0 Å². The molecule has 0 aromatic carbocycles. The van der Waals surface area contributed by atoms with Crippen LogP contribution in [0.15, 0.2) is 22.8 Å². The van der Waals surface area contributed by atoms with Gasteiger partial charge in [0.1, 0.15) is 0 Å². The average molecular weight is 169 g/mol. The SMILES string of the molecule is CC(=S)NC(=O)c1ccco1. The third-order valence-electron chi connectivity index (χ3n) is 1.03. The quantitative estimate of drug-likeness (QED) is 0.645. The number of rotatable bonds is 1. The zero-order chi connectivity index (χ0) is 8.27. The summed E-state index contributed by atoms with van der Waals surface area (Å²) < 4.78 is 4.82. The van der Waals surface area contributed by atoms with Gasteiger partial charge >= 0.3 is 0 Å². The lowest BCUT2D eigenvalue weighted by molar-refractivity contribution is 0.0950. The number of hydrogen-bond acceptors (Lipinski definition) is 3. The minimum absolute atomic E-state index is 0.272. The molecule has 1 N–H and O–H groups in total. The summed E-state index contributed by atoms with van der Waals surface area (Å²) in [7, 11) is 0. The predicted molar refractivity (Wildman–Crippen MR) is 44.4 cm³/mol. The summed E-state index contributed by atoms with van der Waals surface area (Å²) in [4.78, 5) is 11.5. The Labute approximate surface area is 69.4 Å². The van der Waals surface area contributed by atoms with Crippen molar-refractivity contribution in [3.8, 4) is 0 Å². The van der Waals surface area contributed by atoms with Crippen molar-refractivity contribution in [3.05, 3.63) is 24.2 Å². The average Bonchev–Trinajstić information content (AvgIpc) is 2.35. The molecule has 1 rings (SSSR count). The fourth-order valence-corrected chi connectivity index (χ4v) is 0.722. The predicted octanol–water partition coefficient (Wildman–Crippen LogP) is 1.36. The Hall–Kier alpha value is -1.16. The van der Waals surface area contributed by atoms with Crippen LogP contribution in [0.1, 0.15) is 17.5 Å². The van der Waals surface area contributed by atoms with Crippen LogP contribution in [-0.2, 0) is 0 Å². The lowest BCUT2D eigenvalue weighted by Gasteiger charge is -1.96. The fourth-order valence-electron chi connectivity index (χ4n) is 0.629. The minimum atomic E-state index is -0.303. The molecule has 0 saturated heterocycles. The van der Waals surface area contributed by atoms with Gasteiger partial charge in [0.2, 0.25) is 0 Å². The summed E-state index contributed by atoms with van der Waals surface area (Å²) in [6.07, 6.45) is 1.44. The summed E-state index contributed by atoms with van der Waals surface area (Å²) in [5.41, 5.74) is 0. The summed E-state index contributed by atoms with van der Waals surface area (Å²) in [6.45, 7) is 1.64. The van der Waals surface area contributed by atoms with E-state index in [0.29, 0.717) is 4.99 Å². The van der Waals surface area contributed by atoms with E-state index in [2.05, 4.69) is 17.5 Å². The van der Waals surface area contributed by atoms with Crippen LogP contribution >= 0.6 is 12.2 Å². The van der Waals surface area contributed by atoms with Gasteiger partial charge in [0.05, 0.1) is 11.3 Å². The Balaban J connectivity index is 2.64. The fraction of sp³-hybridized carbons (Fsp3) is 0.143. The molecule has 0 saturated carbocycles. The number of hydrogen-bond donors (Lipinski definition) is 1. The van der Waals surface area contributed by atoms with Gasteiger partial charge in [0.15, 0.2) is 5.76 Å². The van der Waals surface area contributed by atoms with E-state index in [1.807, 2.05) is 0 Å². The molecule has 0 spiro atoms. The normalized spacial score (nSPS) is 9.18. The van der Waals surface area contributed by atoms with Crippen molar-refractivity contribution in [2.24, 2.45) is 0 Å². The highest BCUT2D eigenvalue weighted by Crippen LogP contribution is 1.98. The van der Waals surface area contributed by atoms with Gasteiger partial charge in [-0.25, -0.2) is 0 Å². The van der Waals surface area contributed by atoms with Gasteiger partial charge in [-0.3, -0.25) is 4.79 Å². The van der Waals surface area contributed by atoms with E-state index in [1.165, 1.54) is 6.26 Å². The van der Waals surface area contributed by atoms with E-state index in [1.54, 1.807) is 19.1 Å². The molecule has 4 heteroatoms. The van der Waals surface area contributed by atoms with Gasteiger partial charge in [-0.2, -0.15) is 0 Å². The molecule has 0 radical (unpaired) electrons. The van der Waals surface area contributed by atoms with Gasteiger partial charge in [0.25, 0.3) is 5.91 Å². The molecule has 58 valence electrons. The topological polar surface area (TPSA) is 42.2 Å². The van der Waals surface area contributed by atoms with E-state index in [9.17, 15) is 4.79 Å². The number of thiocarbonyl (C=S) groups is 1. The second-order valence-corrected chi connectivity index (χ2v) is 2.60. The van der Waals surface area contributed by atoms with Crippen molar-refractivity contribution in [3.63, 3.8) is 0 Å². The Kier molecular flexibility index (Phi) is 2.38. The van der Waals surface area contributed by atoms with Crippen molar-refractivity contribution in [1.29, 1.82) is 0 Å². The molecule has 1 heterocycles. The molecule has 0 bridgehead atoms. The van der Waals surface area contributed by atoms with Crippen LogP contribution in [0.3, 0.4) is 0 Å². The van der Waals surface area contributed by atoms with Gasteiger partial charge < -0.3 is 9.73 Å². The Morgan fingerprint density at radius 1 is 1.73 bits per heavy atom. The van der Waals surface area contributed by atoms with Crippen LogP contribution in [0.5, 0.6) is 0 Å². The molecular weight excluding hydrogens is 162 g/mol. The standard InChI is InChI=1S/C7H7NO2S/c1-5(11)8-7(9)6-3-2-4-10-6/h2-4H,1H3,(H,8,9,11). The van der Waals surface area contributed by atoms with Crippen molar-refractivity contribution < 1.29 is 9.21 Å². The molecular formula is C7H7NO2S. The summed E-state index contributed by atoms with van der Waals surface area (Å²) in [5.74, 6) is -0.0308. The highest BCUT2D eigenvalue weighted by atomic mass is 32.1. The molecule has 0 aliphatic rings. The maximum atomic E-state index is 11.0.